The van der Waals surface area contributed by atoms with Crippen LogP contribution in [-0.2, 0) is 4.79 Å². The molecule has 1 saturated heterocycles. The molecule has 1 aromatic rings. The van der Waals surface area contributed by atoms with Gasteiger partial charge in [-0.15, -0.1) is 11.8 Å². The van der Waals surface area contributed by atoms with Crippen LogP contribution < -0.4 is 0 Å². The van der Waals surface area contributed by atoms with Crippen LogP contribution in [0.2, 0.25) is 0 Å². The topological polar surface area (TPSA) is 98.1 Å². The summed E-state index contributed by atoms with van der Waals surface area (Å²) in [5.74, 6) is -2.03. The third-order valence-corrected chi connectivity index (χ3v) is 3.69. The van der Waals surface area contributed by atoms with Crippen molar-refractivity contribution in [2.24, 2.45) is 0 Å². The zero-order valence-electron chi connectivity index (χ0n) is 9.24. The molecule has 1 amide bonds. The summed E-state index contributed by atoms with van der Waals surface area (Å²) < 4.78 is 0. The Balaban J connectivity index is 2.31. The second kappa shape index (κ2) is 4.77. The van der Waals surface area contributed by atoms with E-state index in [-0.39, 0.29) is 11.4 Å². The second-order valence-corrected chi connectivity index (χ2v) is 4.80. The van der Waals surface area contributed by atoms with E-state index in [0.29, 0.717) is 5.75 Å². The summed E-state index contributed by atoms with van der Waals surface area (Å²) in [7, 11) is 0. The molecule has 18 heavy (non-hydrogen) atoms. The van der Waals surface area contributed by atoms with Gasteiger partial charge in [0.2, 0.25) is 0 Å². The number of hydrogen-bond donors (Lipinski definition) is 3. The third kappa shape index (κ3) is 2.08. The van der Waals surface area contributed by atoms with Crippen molar-refractivity contribution in [1.82, 2.24) is 4.90 Å². The largest absolute Gasteiger partial charge is 0.504 e. The lowest BCUT2D eigenvalue weighted by atomic mass is 10.1. The Morgan fingerprint density at radius 3 is 2.72 bits per heavy atom. The molecule has 1 aromatic carbocycles. The van der Waals surface area contributed by atoms with Gasteiger partial charge in [0.15, 0.2) is 11.5 Å². The summed E-state index contributed by atoms with van der Waals surface area (Å²) in [5.41, 5.74) is -0.0937. The molecule has 0 spiro atoms. The minimum absolute atomic E-state index is 0.0937. The summed E-state index contributed by atoms with van der Waals surface area (Å²) in [5, 5.41) is 27.9. The number of carboxylic acid groups (broad SMARTS) is 1. The summed E-state index contributed by atoms with van der Waals surface area (Å²) in [4.78, 5) is 24.3. The summed E-state index contributed by atoms with van der Waals surface area (Å²) in [6, 6.07) is 3.12. The smallest absolute Gasteiger partial charge is 0.327 e. The van der Waals surface area contributed by atoms with Crippen LogP contribution in [0.3, 0.4) is 0 Å². The Morgan fingerprint density at radius 1 is 1.33 bits per heavy atom. The number of carboxylic acids is 1. The normalized spacial score (nSPS) is 18.9. The molecule has 0 aromatic heterocycles. The molecule has 2 rings (SSSR count). The van der Waals surface area contributed by atoms with Gasteiger partial charge in [0.25, 0.3) is 5.91 Å². The van der Waals surface area contributed by atoms with E-state index in [1.807, 2.05) is 0 Å². The number of phenolic OH excluding ortho intramolecular Hbond substituents is 2. The number of nitrogens with zero attached hydrogens (tertiary/aromatic N) is 1. The maximum atomic E-state index is 12.1. The fraction of sp³-hybridized carbons (Fsp3) is 0.273. The first-order valence-corrected chi connectivity index (χ1v) is 6.30. The van der Waals surface area contributed by atoms with E-state index in [1.54, 1.807) is 0 Å². The molecule has 0 aliphatic carbocycles. The first-order chi connectivity index (χ1) is 8.52. The summed E-state index contributed by atoms with van der Waals surface area (Å²) in [6.07, 6.45) is 0. The number of phenols is 2. The van der Waals surface area contributed by atoms with E-state index in [1.165, 1.54) is 34.9 Å². The quantitative estimate of drug-likeness (QED) is 0.684. The van der Waals surface area contributed by atoms with Crippen molar-refractivity contribution in [1.29, 1.82) is 0 Å². The average molecular weight is 269 g/mol. The summed E-state index contributed by atoms with van der Waals surface area (Å²) in [6.45, 7) is 0. The van der Waals surface area contributed by atoms with Crippen LogP contribution in [-0.4, -0.2) is 49.8 Å². The van der Waals surface area contributed by atoms with E-state index in [2.05, 4.69) is 0 Å². The van der Waals surface area contributed by atoms with Gasteiger partial charge in [-0.2, -0.15) is 0 Å². The maximum Gasteiger partial charge on any atom is 0.327 e. The van der Waals surface area contributed by atoms with E-state index in [0.717, 1.165) is 0 Å². The SMILES string of the molecule is O=C(O)[C@@H]1CSCN1C(=O)c1cccc(O)c1O. The van der Waals surface area contributed by atoms with Crippen LogP contribution in [0.4, 0.5) is 0 Å². The minimum atomic E-state index is -1.08. The molecule has 3 N–H and O–H groups in total. The highest BCUT2D eigenvalue weighted by Crippen LogP contribution is 2.31. The maximum absolute atomic E-state index is 12.1. The Morgan fingerprint density at radius 2 is 2.06 bits per heavy atom. The average Bonchev–Trinajstić information content (AvgIpc) is 2.81. The van der Waals surface area contributed by atoms with Gasteiger partial charge in [-0.1, -0.05) is 6.07 Å². The Labute approximate surface area is 107 Å². The molecule has 0 saturated carbocycles. The van der Waals surface area contributed by atoms with Crippen LogP contribution in [0.1, 0.15) is 10.4 Å². The Hall–Kier alpha value is -1.89. The third-order valence-electron chi connectivity index (χ3n) is 2.67. The van der Waals surface area contributed by atoms with E-state index >= 15 is 0 Å². The standard InChI is InChI=1S/C11H11NO5S/c13-8-3-1-2-6(9(8)14)10(15)12-5-18-4-7(12)11(16)17/h1-3,7,13-14H,4-5H2,(H,16,17)/t7-/m0/s1. The van der Waals surface area contributed by atoms with Gasteiger partial charge in [0.1, 0.15) is 6.04 Å². The fourth-order valence-corrected chi connectivity index (χ4v) is 2.85. The van der Waals surface area contributed by atoms with Crippen LogP contribution in [0.5, 0.6) is 11.5 Å². The number of hydrogen-bond acceptors (Lipinski definition) is 5. The zero-order chi connectivity index (χ0) is 13.3. The Kier molecular flexibility index (Phi) is 3.33. The van der Waals surface area contributed by atoms with Gasteiger partial charge < -0.3 is 20.2 Å². The van der Waals surface area contributed by atoms with Gasteiger partial charge in [-0.05, 0) is 12.1 Å². The number of para-hydroxylation sites is 1. The van der Waals surface area contributed by atoms with Crippen molar-refractivity contribution < 1.29 is 24.9 Å². The lowest BCUT2D eigenvalue weighted by Crippen LogP contribution is -2.41. The lowest BCUT2D eigenvalue weighted by molar-refractivity contribution is -0.140. The van der Waals surface area contributed by atoms with Gasteiger partial charge in [0.05, 0.1) is 11.4 Å². The van der Waals surface area contributed by atoms with Crippen molar-refractivity contribution >= 4 is 23.6 Å². The van der Waals surface area contributed by atoms with Gasteiger partial charge >= 0.3 is 5.97 Å². The molecule has 1 heterocycles. The molecule has 1 aliphatic heterocycles. The van der Waals surface area contributed by atoms with Crippen LogP contribution in [0.15, 0.2) is 18.2 Å². The first-order valence-electron chi connectivity index (χ1n) is 5.15. The highest BCUT2D eigenvalue weighted by Gasteiger charge is 2.36. The molecule has 0 unspecified atom stereocenters. The van der Waals surface area contributed by atoms with Crippen molar-refractivity contribution in [3.8, 4) is 11.5 Å². The van der Waals surface area contributed by atoms with Crippen LogP contribution in [0, 0.1) is 0 Å². The molecule has 0 bridgehead atoms. The molecule has 1 atom stereocenters. The zero-order valence-corrected chi connectivity index (χ0v) is 10.1. The minimum Gasteiger partial charge on any atom is -0.504 e. The number of aliphatic carboxylic acids is 1. The predicted octanol–water partition coefficient (Wildman–Crippen LogP) is 0.697. The number of benzene rings is 1. The van der Waals surface area contributed by atoms with Crippen molar-refractivity contribution in [2.45, 2.75) is 6.04 Å². The predicted molar refractivity (Wildman–Crippen MR) is 64.7 cm³/mol. The highest BCUT2D eigenvalue weighted by molar-refractivity contribution is 7.99. The van der Waals surface area contributed by atoms with E-state index in [9.17, 15) is 19.8 Å². The fourth-order valence-electron chi connectivity index (χ4n) is 1.71. The number of thioether (sulfide) groups is 1. The molecule has 1 aliphatic rings. The van der Waals surface area contributed by atoms with Gasteiger partial charge in [0, 0.05) is 5.75 Å². The van der Waals surface area contributed by atoms with Crippen molar-refractivity contribution in [3.05, 3.63) is 23.8 Å². The molecule has 6 nitrogen and oxygen atoms in total. The number of carbonyl (C=O) groups is 2. The Bertz CT molecular complexity index is 504. The first kappa shape index (κ1) is 12.6. The molecule has 1 fully saturated rings. The molecular formula is C11H11NO5S. The lowest BCUT2D eigenvalue weighted by Gasteiger charge is -2.20. The molecule has 0 radical (unpaired) electrons. The van der Waals surface area contributed by atoms with E-state index in [4.69, 9.17) is 5.11 Å². The van der Waals surface area contributed by atoms with Crippen LogP contribution in [0.25, 0.3) is 0 Å². The van der Waals surface area contributed by atoms with Gasteiger partial charge in [-0.3, -0.25) is 4.79 Å². The van der Waals surface area contributed by atoms with E-state index < -0.39 is 29.4 Å². The van der Waals surface area contributed by atoms with Crippen molar-refractivity contribution in [3.63, 3.8) is 0 Å². The number of carbonyl (C=O) groups excluding carboxylic acids is 1. The molecular weight excluding hydrogens is 258 g/mol. The molecule has 96 valence electrons. The monoisotopic (exact) mass is 269 g/mol. The van der Waals surface area contributed by atoms with Crippen molar-refractivity contribution in [2.75, 3.05) is 11.6 Å². The number of rotatable bonds is 2. The highest BCUT2D eigenvalue weighted by atomic mass is 32.2. The number of amides is 1. The molecule has 7 heteroatoms. The summed E-state index contributed by atoms with van der Waals surface area (Å²) >= 11 is 1.33. The van der Waals surface area contributed by atoms with Gasteiger partial charge in [-0.25, -0.2) is 4.79 Å². The van der Waals surface area contributed by atoms with Crippen LogP contribution >= 0.6 is 11.8 Å². The second-order valence-electron chi connectivity index (χ2n) is 3.80. The number of aromatic hydroxyl groups is 2.